The third-order valence-electron chi connectivity index (χ3n) is 7.03. The number of hydrogen-bond acceptors (Lipinski definition) is 6. The van der Waals surface area contributed by atoms with Crippen LogP contribution in [-0.2, 0) is 10.3 Å². The number of carbonyl (C=O) groups excluding carboxylic acids is 1. The van der Waals surface area contributed by atoms with Crippen LogP contribution >= 0.6 is 0 Å². The fourth-order valence-electron chi connectivity index (χ4n) is 5.14. The van der Waals surface area contributed by atoms with Gasteiger partial charge in [0.25, 0.3) is 0 Å². The lowest BCUT2D eigenvalue weighted by molar-refractivity contribution is 0.0513. The summed E-state index contributed by atoms with van der Waals surface area (Å²) in [7, 11) is 5.70. The van der Waals surface area contributed by atoms with Crippen LogP contribution in [0, 0.1) is 0 Å². The number of aliphatic hydroxyl groups excluding tert-OH is 1. The standard InChI is InChI=1S/C24H31N3O3/c1-26(2)24(19-7-5-4-6-8-19)15-13-23(14-16-24)17-27(22(29)25-23)20-11-9-18(10-12-20)21(28)30-3/h4-12,22,25,29H,13-17H2,1-3H3/t22?,23-,24+. The minimum absolute atomic E-state index is 0.0225. The molecule has 2 N–H and O–H groups in total. The van der Waals surface area contributed by atoms with Crippen molar-refractivity contribution in [2.45, 2.75) is 43.1 Å². The molecule has 6 nitrogen and oxygen atoms in total. The Kier molecular flexibility index (Phi) is 5.57. The first kappa shape index (κ1) is 20.8. The first-order chi connectivity index (χ1) is 14.4. The third-order valence-corrected chi connectivity index (χ3v) is 7.03. The Balaban J connectivity index is 1.50. The summed E-state index contributed by atoms with van der Waals surface area (Å²) in [4.78, 5) is 16.0. The van der Waals surface area contributed by atoms with Crippen LogP contribution in [0.15, 0.2) is 54.6 Å². The second kappa shape index (κ2) is 8.02. The molecule has 4 rings (SSSR count). The van der Waals surface area contributed by atoms with Gasteiger partial charge in [0.15, 0.2) is 6.35 Å². The largest absolute Gasteiger partial charge is 0.465 e. The summed E-state index contributed by atoms with van der Waals surface area (Å²) in [5.41, 5.74) is 2.67. The molecule has 2 aliphatic rings. The van der Waals surface area contributed by atoms with Crippen LogP contribution < -0.4 is 10.2 Å². The van der Waals surface area contributed by atoms with E-state index in [1.54, 1.807) is 12.1 Å². The van der Waals surface area contributed by atoms with Gasteiger partial charge in [-0.1, -0.05) is 30.3 Å². The van der Waals surface area contributed by atoms with Gasteiger partial charge < -0.3 is 14.7 Å². The lowest BCUT2D eigenvalue weighted by atomic mass is 9.69. The molecule has 1 saturated carbocycles. The van der Waals surface area contributed by atoms with Gasteiger partial charge in [0, 0.05) is 23.3 Å². The molecule has 1 heterocycles. The Bertz CT molecular complexity index is 874. The maximum atomic E-state index is 11.7. The van der Waals surface area contributed by atoms with Gasteiger partial charge in [-0.2, -0.15) is 0 Å². The molecule has 2 fully saturated rings. The molecule has 160 valence electrons. The normalized spacial score (nSPS) is 28.8. The van der Waals surface area contributed by atoms with Gasteiger partial charge in [-0.25, -0.2) is 4.79 Å². The number of esters is 1. The highest BCUT2D eigenvalue weighted by Gasteiger charge is 2.50. The number of carbonyl (C=O) groups is 1. The highest BCUT2D eigenvalue weighted by atomic mass is 16.5. The van der Waals surface area contributed by atoms with Crippen LogP contribution in [0.5, 0.6) is 0 Å². The molecule has 2 aromatic carbocycles. The van der Waals surface area contributed by atoms with Gasteiger partial charge in [-0.3, -0.25) is 10.2 Å². The average Bonchev–Trinajstić information content (AvgIpc) is 3.10. The van der Waals surface area contributed by atoms with Crippen molar-refractivity contribution in [2.24, 2.45) is 0 Å². The smallest absolute Gasteiger partial charge is 0.337 e. The van der Waals surface area contributed by atoms with Crippen LogP contribution in [0.3, 0.4) is 0 Å². The fourth-order valence-corrected chi connectivity index (χ4v) is 5.14. The summed E-state index contributed by atoms with van der Waals surface area (Å²) in [6.07, 6.45) is 3.27. The number of nitrogens with one attached hydrogen (secondary N) is 1. The van der Waals surface area contributed by atoms with E-state index in [4.69, 9.17) is 4.74 Å². The molecule has 0 amide bonds. The third kappa shape index (κ3) is 3.60. The molecule has 1 aliphatic carbocycles. The summed E-state index contributed by atoms with van der Waals surface area (Å²) in [5.74, 6) is -0.355. The number of hydrogen-bond donors (Lipinski definition) is 2. The Morgan fingerprint density at radius 3 is 2.27 bits per heavy atom. The molecule has 1 aliphatic heterocycles. The fraction of sp³-hybridized carbons (Fsp3) is 0.458. The van der Waals surface area contributed by atoms with Crippen LogP contribution in [-0.4, -0.2) is 55.6 Å². The molecule has 0 aromatic heterocycles. The van der Waals surface area contributed by atoms with Crippen LogP contribution in [0.1, 0.15) is 41.6 Å². The average molecular weight is 410 g/mol. The van der Waals surface area contributed by atoms with Crippen molar-refractivity contribution in [1.82, 2.24) is 10.2 Å². The zero-order chi connectivity index (χ0) is 21.4. The van der Waals surface area contributed by atoms with Crippen molar-refractivity contribution in [3.63, 3.8) is 0 Å². The lowest BCUT2D eigenvalue weighted by Crippen LogP contribution is -2.54. The summed E-state index contributed by atoms with van der Waals surface area (Å²) < 4.78 is 4.77. The van der Waals surface area contributed by atoms with Gasteiger partial charge in [0.2, 0.25) is 0 Å². The number of benzene rings is 2. The van der Waals surface area contributed by atoms with E-state index in [2.05, 4.69) is 54.6 Å². The van der Waals surface area contributed by atoms with E-state index in [-0.39, 0.29) is 17.0 Å². The predicted molar refractivity (Wildman–Crippen MR) is 117 cm³/mol. The summed E-state index contributed by atoms with van der Waals surface area (Å²) in [5, 5.41) is 14.2. The van der Waals surface area contributed by atoms with E-state index in [1.807, 2.05) is 17.0 Å². The zero-order valence-corrected chi connectivity index (χ0v) is 18.0. The number of nitrogens with zero attached hydrogens (tertiary/aromatic N) is 2. The summed E-state index contributed by atoms with van der Waals surface area (Å²) in [6, 6.07) is 18.0. The second-order valence-electron chi connectivity index (χ2n) is 8.76. The van der Waals surface area contributed by atoms with Gasteiger partial charge in [-0.05, 0) is 69.6 Å². The van der Waals surface area contributed by atoms with Crippen molar-refractivity contribution in [1.29, 1.82) is 0 Å². The van der Waals surface area contributed by atoms with Crippen LogP contribution in [0.2, 0.25) is 0 Å². The Labute approximate surface area is 178 Å². The quantitative estimate of drug-likeness (QED) is 0.757. The van der Waals surface area contributed by atoms with Gasteiger partial charge in [0.1, 0.15) is 0 Å². The van der Waals surface area contributed by atoms with E-state index >= 15 is 0 Å². The summed E-state index contributed by atoms with van der Waals surface area (Å²) in [6.45, 7) is 0.740. The zero-order valence-electron chi connectivity index (χ0n) is 18.0. The van der Waals surface area contributed by atoms with Gasteiger partial charge in [0.05, 0.1) is 12.7 Å². The molecule has 1 saturated heterocycles. The second-order valence-corrected chi connectivity index (χ2v) is 8.76. The van der Waals surface area contributed by atoms with Gasteiger partial charge in [-0.15, -0.1) is 0 Å². The maximum absolute atomic E-state index is 11.7. The number of methoxy groups -OCH3 is 1. The molecule has 1 spiro atoms. The monoisotopic (exact) mass is 409 g/mol. The topological polar surface area (TPSA) is 65.0 Å². The number of rotatable bonds is 4. The Morgan fingerprint density at radius 1 is 1.07 bits per heavy atom. The molecule has 2 aromatic rings. The highest BCUT2D eigenvalue weighted by molar-refractivity contribution is 5.89. The SMILES string of the molecule is COC(=O)c1ccc(N2C[C@]3(CC[C@](c4ccccc4)(N(C)C)CC3)NC2O)cc1. The first-order valence-electron chi connectivity index (χ1n) is 10.5. The number of aliphatic hydroxyl groups is 1. The van der Waals surface area contributed by atoms with Crippen LogP contribution in [0.4, 0.5) is 5.69 Å². The van der Waals surface area contributed by atoms with Crippen LogP contribution in [0.25, 0.3) is 0 Å². The molecule has 0 bridgehead atoms. The lowest BCUT2D eigenvalue weighted by Gasteiger charge is -2.49. The first-order valence-corrected chi connectivity index (χ1v) is 10.5. The molecule has 1 atom stereocenters. The van der Waals surface area contributed by atoms with E-state index in [0.29, 0.717) is 5.56 Å². The highest BCUT2D eigenvalue weighted by Crippen LogP contribution is 2.46. The molecular weight excluding hydrogens is 378 g/mol. The minimum atomic E-state index is -0.738. The van der Waals surface area contributed by atoms with E-state index in [0.717, 1.165) is 37.9 Å². The van der Waals surface area contributed by atoms with E-state index in [1.165, 1.54) is 12.7 Å². The predicted octanol–water partition coefficient (Wildman–Crippen LogP) is 2.93. The molecule has 30 heavy (non-hydrogen) atoms. The molecule has 6 heteroatoms. The molecule has 0 radical (unpaired) electrons. The van der Waals surface area contributed by atoms with Crippen molar-refractivity contribution in [2.75, 3.05) is 32.6 Å². The Hall–Kier alpha value is -2.41. The minimum Gasteiger partial charge on any atom is -0.465 e. The maximum Gasteiger partial charge on any atom is 0.337 e. The molecular formula is C24H31N3O3. The van der Waals surface area contributed by atoms with Crippen molar-refractivity contribution in [3.8, 4) is 0 Å². The van der Waals surface area contributed by atoms with Crippen molar-refractivity contribution in [3.05, 3.63) is 65.7 Å². The van der Waals surface area contributed by atoms with E-state index < -0.39 is 6.35 Å². The van der Waals surface area contributed by atoms with E-state index in [9.17, 15) is 9.90 Å². The number of anilines is 1. The number of ether oxygens (including phenoxy) is 1. The Morgan fingerprint density at radius 2 is 1.70 bits per heavy atom. The van der Waals surface area contributed by atoms with Gasteiger partial charge >= 0.3 is 5.97 Å². The molecule has 1 unspecified atom stereocenters. The van der Waals surface area contributed by atoms with Crippen molar-refractivity contribution < 1.29 is 14.6 Å². The summed E-state index contributed by atoms with van der Waals surface area (Å²) >= 11 is 0. The van der Waals surface area contributed by atoms with Crippen molar-refractivity contribution >= 4 is 11.7 Å².